The Bertz CT molecular complexity index is 396. The maximum atomic E-state index is 11.0. The predicted octanol–water partition coefficient (Wildman–Crippen LogP) is 1.73. The maximum Gasteiger partial charge on any atom is 0.356 e. The number of fused-ring (bicyclic) bond motifs is 1. The Kier molecular flexibility index (Phi) is 2.50. The number of imidazole rings is 1. The second-order valence-electron chi connectivity index (χ2n) is 4.24. The first-order valence-electron chi connectivity index (χ1n) is 5.45. The summed E-state index contributed by atoms with van der Waals surface area (Å²) in [7, 11) is 0. The van der Waals surface area contributed by atoms with Gasteiger partial charge in [0.15, 0.2) is 5.69 Å². The molecule has 0 amide bonds. The summed E-state index contributed by atoms with van der Waals surface area (Å²) in [6, 6.07) is 0. The van der Waals surface area contributed by atoms with Crippen LogP contribution in [0.2, 0.25) is 0 Å². The molecule has 2 rings (SSSR count). The zero-order valence-electron chi connectivity index (χ0n) is 9.16. The number of hydrogen-bond acceptors (Lipinski definition) is 2. The fraction of sp³-hybridized carbons (Fsp3) is 0.636. The largest absolute Gasteiger partial charge is 0.476 e. The van der Waals surface area contributed by atoms with Crippen molar-refractivity contribution in [3.8, 4) is 0 Å². The molecule has 1 unspecified atom stereocenters. The summed E-state index contributed by atoms with van der Waals surface area (Å²) >= 11 is 0. The molecule has 0 bridgehead atoms. The number of nitrogens with zero attached hydrogens (tertiary/aromatic N) is 2. The van der Waals surface area contributed by atoms with Gasteiger partial charge in [-0.05, 0) is 18.8 Å². The van der Waals surface area contributed by atoms with Gasteiger partial charge >= 0.3 is 5.97 Å². The van der Waals surface area contributed by atoms with Gasteiger partial charge in [-0.2, -0.15) is 0 Å². The highest BCUT2D eigenvalue weighted by Gasteiger charge is 2.25. The van der Waals surface area contributed by atoms with Crippen molar-refractivity contribution in [3.63, 3.8) is 0 Å². The molecule has 1 aromatic rings. The van der Waals surface area contributed by atoms with E-state index in [-0.39, 0.29) is 5.69 Å². The van der Waals surface area contributed by atoms with E-state index in [4.69, 9.17) is 5.11 Å². The second-order valence-corrected chi connectivity index (χ2v) is 4.24. The number of aryl methyl sites for hydroxylation is 1. The molecule has 0 radical (unpaired) electrons. The average molecular weight is 208 g/mol. The molecular formula is C11H16N2O2. The quantitative estimate of drug-likeness (QED) is 0.805. The highest BCUT2D eigenvalue weighted by atomic mass is 16.4. The van der Waals surface area contributed by atoms with E-state index in [0.717, 1.165) is 37.3 Å². The van der Waals surface area contributed by atoms with Crippen LogP contribution in [0.1, 0.15) is 42.3 Å². The molecule has 82 valence electrons. The third-order valence-corrected chi connectivity index (χ3v) is 3.04. The lowest BCUT2D eigenvalue weighted by atomic mass is 9.99. The normalized spacial score (nSPS) is 20.0. The molecule has 2 heterocycles. The van der Waals surface area contributed by atoms with Crippen LogP contribution in [0.4, 0.5) is 0 Å². The Morgan fingerprint density at radius 2 is 2.40 bits per heavy atom. The summed E-state index contributed by atoms with van der Waals surface area (Å²) < 4.78 is 2.09. The summed E-state index contributed by atoms with van der Waals surface area (Å²) in [5.41, 5.74) is 1.18. The van der Waals surface area contributed by atoms with Gasteiger partial charge < -0.3 is 9.67 Å². The van der Waals surface area contributed by atoms with E-state index >= 15 is 0 Å². The Morgan fingerprint density at radius 3 is 3.00 bits per heavy atom. The van der Waals surface area contributed by atoms with E-state index in [0.29, 0.717) is 5.92 Å². The molecule has 15 heavy (non-hydrogen) atoms. The third kappa shape index (κ3) is 1.64. The van der Waals surface area contributed by atoms with Crippen LogP contribution in [0, 0.1) is 5.92 Å². The first-order valence-corrected chi connectivity index (χ1v) is 5.45. The molecule has 1 aromatic heterocycles. The van der Waals surface area contributed by atoms with Crippen molar-refractivity contribution in [1.82, 2.24) is 9.55 Å². The van der Waals surface area contributed by atoms with Crippen molar-refractivity contribution >= 4 is 5.97 Å². The molecule has 4 heteroatoms. The van der Waals surface area contributed by atoms with Gasteiger partial charge in [0.2, 0.25) is 0 Å². The summed E-state index contributed by atoms with van der Waals surface area (Å²) in [6.07, 6.45) is 2.71. The van der Waals surface area contributed by atoms with E-state index in [1.165, 1.54) is 0 Å². The molecule has 0 saturated heterocycles. The van der Waals surface area contributed by atoms with Crippen LogP contribution in [0.15, 0.2) is 0 Å². The summed E-state index contributed by atoms with van der Waals surface area (Å²) in [5.74, 6) is 0.639. The molecule has 0 aromatic carbocycles. The van der Waals surface area contributed by atoms with Crippen LogP contribution in [-0.4, -0.2) is 20.6 Å². The minimum atomic E-state index is -0.895. The zero-order chi connectivity index (χ0) is 11.0. The minimum Gasteiger partial charge on any atom is -0.476 e. The lowest BCUT2D eigenvalue weighted by Crippen LogP contribution is -2.20. The smallest absolute Gasteiger partial charge is 0.356 e. The number of aromatic nitrogens is 2. The van der Waals surface area contributed by atoms with Crippen LogP contribution < -0.4 is 0 Å². The highest BCUT2D eigenvalue weighted by Crippen LogP contribution is 2.24. The molecule has 4 nitrogen and oxygen atoms in total. The predicted molar refractivity (Wildman–Crippen MR) is 56.0 cm³/mol. The lowest BCUT2D eigenvalue weighted by molar-refractivity contribution is 0.0689. The topological polar surface area (TPSA) is 55.1 Å². The van der Waals surface area contributed by atoms with E-state index in [2.05, 4.69) is 16.5 Å². The second kappa shape index (κ2) is 3.68. The van der Waals surface area contributed by atoms with Gasteiger partial charge in [0.25, 0.3) is 0 Å². The van der Waals surface area contributed by atoms with Crippen molar-refractivity contribution in [3.05, 3.63) is 17.2 Å². The van der Waals surface area contributed by atoms with Crippen LogP contribution in [-0.2, 0) is 19.4 Å². The number of rotatable bonds is 2. The SMILES string of the molecule is CCc1nc(C(=O)O)c2n1CC(C)CC2. The molecule has 1 N–H and O–H groups in total. The van der Waals surface area contributed by atoms with E-state index < -0.39 is 5.97 Å². The zero-order valence-corrected chi connectivity index (χ0v) is 9.16. The van der Waals surface area contributed by atoms with E-state index in [1.807, 2.05) is 6.92 Å². The van der Waals surface area contributed by atoms with Gasteiger partial charge in [-0.3, -0.25) is 0 Å². The molecule has 0 spiro atoms. The Balaban J connectivity index is 2.49. The first-order chi connectivity index (χ1) is 7.13. The summed E-state index contributed by atoms with van der Waals surface area (Å²) in [4.78, 5) is 15.2. The number of hydrogen-bond donors (Lipinski definition) is 1. The molecule has 0 saturated carbocycles. The number of carboxylic acids is 1. The van der Waals surface area contributed by atoms with Crippen molar-refractivity contribution < 1.29 is 9.90 Å². The minimum absolute atomic E-state index is 0.263. The van der Waals surface area contributed by atoms with Gasteiger partial charge in [0.1, 0.15) is 5.82 Å². The van der Waals surface area contributed by atoms with Crippen LogP contribution >= 0.6 is 0 Å². The molecule has 1 aliphatic rings. The van der Waals surface area contributed by atoms with Gasteiger partial charge in [-0.15, -0.1) is 0 Å². The number of carbonyl (C=O) groups is 1. The third-order valence-electron chi connectivity index (χ3n) is 3.04. The molecule has 0 fully saturated rings. The Morgan fingerprint density at radius 1 is 1.67 bits per heavy atom. The fourth-order valence-electron chi connectivity index (χ4n) is 2.23. The highest BCUT2D eigenvalue weighted by molar-refractivity contribution is 5.86. The molecular weight excluding hydrogens is 192 g/mol. The maximum absolute atomic E-state index is 11.0. The summed E-state index contributed by atoms with van der Waals surface area (Å²) in [6.45, 7) is 5.13. The van der Waals surface area contributed by atoms with E-state index in [9.17, 15) is 4.79 Å². The van der Waals surface area contributed by atoms with Crippen LogP contribution in [0.3, 0.4) is 0 Å². The Labute approximate surface area is 88.9 Å². The van der Waals surface area contributed by atoms with E-state index in [1.54, 1.807) is 0 Å². The Hall–Kier alpha value is -1.32. The van der Waals surface area contributed by atoms with Crippen molar-refractivity contribution in [2.75, 3.05) is 0 Å². The monoisotopic (exact) mass is 208 g/mol. The standard InChI is InChI=1S/C11H16N2O2/c1-3-9-12-10(11(14)15)8-5-4-7(2)6-13(8)9/h7H,3-6H2,1-2H3,(H,14,15). The first kappa shape index (κ1) is 10.2. The fourth-order valence-corrected chi connectivity index (χ4v) is 2.23. The molecule has 1 aliphatic heterocycles. The van der Waals surface area contributed by atoms with Crippen LogP contribution in [0.5, 0.6) is 0 Å². The van der Waals surface area contributed by atoms with Crippen LogP contribution in [0.25, 0.3) is 0 Å². The van der Waals surface area contributed by atoms with Crippen molar-refractivity contribution in [2.45, 2.75) is 39.7 Å². The lowest BCUT2D eigenvalue weighted by Gasteiger charge is -2.22. The molecule has 1 atom stereocenters. The summed E-state index contributed by atoms with van der Waals surface area (Å²) in [5, 5.41) is 9.04. The van der Waals surface area contributed by atoms with Gasteiger partial charge in [-0.1, -0.05) is 13.8 Å². The number of carboxylic acid groups (broad SMARTS) is 1. The van der Waals surface area contributed by atoms with Crippen molar-refractivity contribution in [1.29, 1.82) is 0 Å². The van der Waals surface area contributed by atoms with Crippen molar-refractivity contribution in [2.24, 2.45) is 5.92 Å². The van der Waals surface area contributed by atoms with Gasteiger partial charge in [0, 0.05) is 13.0 Å². The number of aromatic carboxylic acids is 1. The average Bonchev–Trinajstić information content (AvgIpc) is 2.55. The van der Waals surface area contributed by atoms with Gasteiger partial charge in [0.05, 0.1) is 5.69 Å². The van der Waals surface area contributed by atoms with Gasteiger partial charge in [-0.25, -0.2) is 9.78 Å². The molecule has 0 aliphatic carbocycles.